The summed E-state index contributed by atoms with van der Waals surface area (Å²) in [7, 11) is 0. The molecule has 4 heteroatoms. The Morgan fingerprint density at radius 3 is 2.40 bits per heavy atom. The van der Waals surface area contributed by atoms with Crippen LogP contribution in [0, 0.1) is 6.92 Å². The van der Waals surface area contributed by atoms with Gasteiger partial charge in [0.05, 0.1) is 6.61 Å². The maximum Gasteiger partial charge on any atom is 0.319 e. The average molecular weight is 270 g/mol. The van der Waals surface area contributed by atoms with Crippen molar-refractivity contribution in [3.8, 4) is 0 Å². The molecule has 20 heavy (non-hydrogen) atoms. The van der Waals surface area contributed by atoms with Crippen molar-refractivity contribution in [3.05, 3.63) is 65.2 Å². The van der Waals surface area contributed by atoms with Gasteiger partial charge in [-0.25, -0.2) is 4.79 Å². The number of anilines is 1. The number of benzene rings is 2. The van der Waals surface area contributed by atoms with E-state index in [4.69, 9.17) is 0 Å². The molecule has 0 bridgehead atoms. The Labute approximate surface area is 118 Å². The lowest BCUT2D eigenvalue weighted by molar-refractivity contribution is 0.251. The van der Waals surface area contributed by atoms with E-state index in [2.05, 4.69) is 10.6 Å². The zero-order chi connectivity index (χ0) is 14.4. The van der Waals surface area contributed by atoms with Crippen LogP contribution in [0.3, 0.4) is 0 Å². The summed E-state index contributed by atoms with van der Waals surface area (Å²) in [5, 5.41) is 14.8. The Morgan fingerprint density at radius 2 is 1.70 bits per heavy atom. The van der Waals surface area contributed by atoms with Crippen molar-refractivity contribution < 1.29 is 9.90 Å². The summed E-state index contributed by atoms with van der Waals surface area (Å²) in [5.41, 5.74) is 3.54. The van der Waals surface area contributed by atoms with Crippen molar-refractivity contribution in [3.63, 3.8) is 0 Å². The number of aliphatic hydroxyl groups is 1. The quantitative estimate of drug-likeness (QED) is 0.800. The molecule has 0 aliphatic rings. The van der Waals surface area contributed by atoms with Crippen LogP contribution in [0.2, 0.25) is 0 Å². The van der Waals surface area contributed by atoms with Crippen molar-refractivity contribution in [1.29, 1.82) is 0 Å². The molecular formula is C16H18N2O2. The molecule has 0 atom stereocenters. The lowest BCUT2D eigenvalue weighted by Crippen LogP contribution is -2.28. The van der Waals surface area contributed by atoms with Crippen molar-refractivity contribution in [2.24, 2.45) is 0 Å². The van der Waals surface area contributed by atoms with E-state index in [0.717, 1.165) is 22.4 Å². The molecule has 0 saturated heterocycles. The lowest BCUT2D eigenvalue weighted by Gasteiger charge is -2.11. The highest BCUT2D eigenvalue weighted by molar-refractivity contribution is 5.89. The summed E-state index contributed by atoms with van der Waals surface area (Å²) in [6.45, 7) is 2.29. The van der Waals surface area contributed by atoms with E-state index in [-0.39, 0.29) is 12.6 Å². The molecule has 4 nitrogen and oxygen atoms in total. The van der Waals surface area contributed by atoms with Crippen LogP contribution in [0.5, 0.6) is 0 Å². The number of carbonyl (C=O) groups is 1. The molecule has 0 aliphatic carbocycles. The molecule has 104 valence electrons. The SMILES string of the molecule is Cc1ccccc1NC(=O)NCc1ccccc1CO. The number of nitrogens with one attached hydrogen (secondary N) is 2. The second kappa shape index (κ2) is 6.73. The van der Waals surface area contributed by atoms with Crippen LogP contribution in [0.15, 0.2) is 48.5 Å². The van der Waals surface area contributed by atoms with E-state index in [1.54, 1.807) is 0 Å². The number of aliphatic hydroxyl groups excluding tert-OH is 1. The standard InChI is InChI=1S/C16H18N2O2/c1-12-6-2-5-9-15(12)18-16(20)17-10-13-7-3-4-8-14(13)11-19/h2-9,19H,10-11H2,1H3,(H2,17,18,20). The van der Waals surface area contributed by atoms with Crippen molar-refractivity contribution in [2.75, 3.05) is 5.32 Å². The van der Waals surface area contributed by atoms with Crippen LogP contribution in [-0.4, -0.2) is 11.1 Å². The van der Waals surface area contributed by atoms with E-state index in [0.29, 0.717) is 6.54 Å². The Kier molecular flexibility index (Phi) is 4.74. The van der Waals surface area contributed by atoms with Crippen molar-refractivity contribution in [1.82, 2.24) is 5.32 Å². The minimum atomic E-state index is -0.257. The Bertz CT molecular complexity index is 597. The van der Waals surface area contributed by atoms with Gasteiger partial charge in [0.15, 0.2) is 0 Å². The number of urea groups is 1. The first-order valence-corrected chi connectivity index (χ1v) is 6.49. The molecule has 0 saturated carbocycles. The van der Waals surface area contributed by atoms with E-state index < -0.39 is 0 Å². The molecule has 2 rings (SSSR count). The summed E-state index contributed by atoms with van der Waals surface area (Å²) < 4.78 is 0. The molecule has 0 spiro atoms. The minimum absolute atomic E-state index is 0.0305. The number of rotatable bonds is 4. The Morgan fingerprint density at radius 1 is 1.05 bits per heavy atom. The van der Waals surface area contributed by atoms with Crippen LogP contribution >= 0.6 is 0 Å². The summed E-state index contributed by atoms with van der Waals surface area (Å²) in [6.07, 6.45) is 0. The van der Waals surface area contributed by atoms with E-state index in [9.17, 15) is 9.90 Å². The number of hydrogen-bond donors (Lipinski definition) is 3. The number of hydrogen-bond acceptors (Lipinski definition) is 2. The van der Waals surface area contributed by atoms with Gasteiger partial charge in [-0.15, -0.1) is 0 Å². The molecular weight excluding hydrogens is 252 g/mol. The molecule has 3 N–H and O–H groups in total. The number of para-hydroxylation sites is 1. The Balaban J connectivity index is 1.94. The van der Waals surface area contributed by atoms with Gasteiger partial charge in [-0.05, 0) is 29.7 Å². The predicted molar refractivity (Wildman–Crippen MR) is 79.4 cm³/mol. The number of carbonyl (C=O) groups excluding carboxylic acids is 1. The van der Waals surface area contributed by atoms with Gasteiger partial charge in [0.2, 0.25) is 0 Å². The molecule has 0 radical (unpaired) electrons. The van der Waals surface area contributed by atoms with Gasteiger partial charge in [0.1, 0.15) is 0 Å². The van der Waals surface area contributed by atoms with Gasteiger partial charge in [-0.2, -0.15) is 0 Å². The zero-order valence-electron chi connectivity index (χ0n) is 11.4. The fourth-order valence-electron chi connectivity index (χ4n) is 1.94. The summed E-state index contributed by atoms with van der Waals surface area (Å²) in [4.78, 5) is 11.9. The summed E-state index contributed by atoms with van der Waals surface area (Å²) >= 11 is 0. The third-order valence-corrected chi connectivity index (χ3v) is 3.12. The van der Waals surface area contributed by atoms with Gasteiger partial charge < -0.3 is 15.7 Å². The van der Waals surface area contributed by atoms with Gasteiger partial charge in [-0.3, -0.25) is 0 Å². The third-order valence-electron chi connectivity index (χ3n) is 3.12. The topological polar surface area (TPSA) is 61.4 Å². The highest BCUT2D eigenvalue weighted by Crippen LogP contribution is 2.13. The van der Waals surface area contributed by atoms with E-state index >= 15 is 0 Å². The van der Waals surface area contributed by atoms with Crippen molar-refractivity contribution >= 4 is 11.7 Å². The fourth-order valence-corrected chi connectivity index (χ4v) is 1.94. The van der Waals surface area contributed by atoms with Crippen LogP contribution in [0.1, 0.15) is 16.7 Å². The van der Waals surface area contributed by atoms with Gasteiger partial charge >= 0.3 is 6.03 Å². The van der Waals surface area contributed by atoms with Gasteiger partial charge in [0.25, 0.3) is 0 Å². The highest BCUT2D eigenvalue weighted by atomic mass is 16.3. The van der Waals surface area contributed by atoms with Crippen LogP contribution < -0.4 is 10.6 Å². The number of aryl methyl sites for hydroxylation is 1. The molecule has 0 aromatic heterocycles. The first kappa shape index (κ1) is 14.1. The van der Waals surface area contributed by atoms with E-state index in [1.807, 2.05) is 55.5 Å². The maximum absolute atomic E-state index is 11.9. The maximum atomic E-state index is 11.9. The molecule has 2 aromatic carbocycles. The third kappa shape index (κ3) is 3.59. The summed E-state index contributed by atoms with van der Waals surface area (Å²) in [5.74, 6) is 0. The fraction of sp³-hybridized carbons (Fsp3) is 0.188. The van der Waals surface area contributed by atoms with Crippen LogP contribution in [-0.2, 0) is 13.2 Å². The van der Waals surface area contributed by atoms with Crippen LogP contribution in [0.25, 0.3) is 0 Å². The van der Waals surface area contributed by atoms with E-state index in [1.165, 1.54) is 0 Å². The average Bonchev–Trinajstić information content (AvgIpc) is 2.48. The Hall–Kier alpha value is -2.33. The van der Waals surface area contributed by atoms with Gasteiger partial charge in [0, 0.05) is 12.2 Å². The molecule has 0 heterocycles. The lowest BCUT2D eigenvalue weighted by atomic mass is 10.1. The molecule has 2 aromatic rings. The minimum Gasteiger partial charge on any atom is -0.392 e. The first-order chi connectivity index (χ1) is 9.70. The molecule has 2 amide bonds. The van der Waals surface area contributed by atoms with Crippen molar-refractivity contribution in [2.45, 2.75) is 20.1 Å². The number of amides is 2. The second-order valence-corrected chi connectivity index (χ2v) is 4.55. The molecule has 0 aliphatic heterocycles. The molecule has 0 unspecified atom stereocenters. The zero-order valence-corrected chi connectivity index (χ0v) is 11.4. The smallest absolute Gasteiger partial charge is 0.319 e. The van der Waals surface area contributed by atoms with Gasteiger partial charge in [-0.1, -0.05) is 42.5 Å². The largest absolute Gasteiger partial charge is 0.392 e. The second-order valence-electron chi connectivity index (χ2n) is 4.55. The monoisotopic (exact) mass is 270 g/mol. The predicted octanol–water partition coefficient (Wildman–Crippen LogP) is 2.81. The summed E-state index contributed by atoms with van der Waals surface area (Å²) in [6, 6.07) is 14.8. The highest BCUT2D eigenvalue weighted by Gasteiger charge is 2.05. The molecule has 0 fully saturated rings. The normalized spacial score (nSPS) is 10.1. The van der Waals surface area contributed by atoms with Crippen LogP contribution in [0.4, 0.5) is 10.5 Å². The first-order valence-electron chi connectivity index (χ1n) is 6.49.